The molecule has 0 saturated heterocycles. The van der Waals surface area contributed by atoms with Crippen molar-refractivity contribution in [2.24, 2.45) is 5.73 Å². The Kier molecular flexibility index (Phi) is 7.62. The molecule has 0 amide bonds. The average Bonchev–Trinajstić information content (AvgIpc) is 2.38. The van der Waals surface area contributed by atoms with Crippen molar-refractivity contribution in [3.63, 3.8) is 0 Å². The predicted octanol–water partition coefficient (Wildman–Crippen LogP) is 3.46. The summed E-state index contributed by atoms with van der Waals surface area (Å²) in [5.74, 6) is 0. The molecule has 0 radical (unpaired) electrons. The van der Waals surface area contributed by atoms with Gasteiger partial charge in [-0.2, -0.15) is 0 Å². The fourth-order valence-corrected chi connectivity index (χ4v) is 1.97. The van der Waals surface area contributed by atoms with Crippen LogP contribution in [0, 0.1) is 0 Å². The fraction of sp³-hybridized carbons (Fsp3) is 0.667. The van der Waals surface area contributed by atoms with Crippen LogP contribution in [-0.4, -0.2) is 17.6 Å². The van der Waals surface area contributed by atoms with E-state index in [0.29, 0.717) is 0 Å². The Balaban J connectivity index is 2.31. The van der Waals surface area contributed by atoms with E-state index in [-0.39, 0.29) is 12.1 Å². The lowest BCUT2D eigenvalue weighted by Crippen LogP contribution is -2.28. The van der Waals surface area contributed by atoms with Crippen molar-refractivity contribution in [2.45, 2.75) is 58.1 Å². The largest absolute Gasteiger partial charge is 0.370 e. The third kappa shape index (κ3) is 5.61. The number of hydrogen-bond donors (Lipinski definition) is 1. The Morgan fingerprint density at radius 2 is 2.00 bits per heavy atom. The number of nitrogens with two attached hydrogens (primary N) is 1. The molecule has 102 valence electrons. The molecular weight excluding hydrogens is 224 g/mol. The van der Waals surface area contributed by atoms with Crippen LogP contribution in [0.25, 0.3) is 0 Å². The molecule has 0 bridgehead atoms. The number of aromatic nitrogens is 1. The highest BCUT2D eigenvalue weighted by atomic mass is 16.5. The molecule has 0 aliphatic rings. The number of pyridine rings is 1. The lowest BCUT2D eigenvalue weighted by molar-refractivity contribution is 0.0330. The monoisotopic (exact) mass is 250 g/mol. The van der Waals surface area contributed by atoms with Gasteiger partial charge in [0.05, 0.1) is 5.69 Å². The van der Waals surface area contributed by atoms with Gasteiger partial charge in [0.1, 0.15) is 6.10 Å². The van der Waals surface area contributed by atoms with Crippen molar-refractivity contribution in [3.05, 3.63) is 30.1 Å². The molecule has 2 unspecified atom stereocenters. The number of unbranched alkanes of at least 4 members (excludes halogenated alkanes) is 4. The van der Waals surface area contributed by atoms with Crippen LogP contribution >= 0.6 is 0 Å². The first-order chi connectivity index (χ1) is 8.75. The van der Waals surface area contributed by atoms with Gasteiger partial charge in [-0.25, -0.2) is 0 Å². The maximum atomic E-state index is 5.97. The summed E-state index contributed by atoms with van der Waals surface area (Å²) in [5, 5.41) is 0. The molecule has 0 spiro atoms. The normalized spacial score (nSPS) is 14.4. The van der Waals surface area contributed by atoms with Gasteiger partial charge < -0.3 is 10.5 Å². The molecule has 1 aromatic heterocycles. The van der Waals surface area contributed by atoms with Crippen molar-refractivity contribution in [1.29, 1.82) is 0 Å². The maximum Gasteiger partial charge on any atom is 0.114 e. The van der Waals surface area contributed by atoms with Crippen LogP contribution in [0.1, 0.15) is 57.7 Å². The van der Waals surface area contributed by atoms with Gasteiger partial charge in [-0.15, -0.1) is 0 Å². The third-order valence-corrected chi connectivity index (χ3v) is 3.00. The van der Waals surface area contributed by atoms with Crippen LogP contribution in [0.3, 0.4) is 0 Å². The van der Waals surface area contributed by atoms with E-state index in [1.54, 1.807) is 6.20 Å². The Hall–Kier alpha value is -0.930. The van der Waals surface area contributed by atoms with E-state index in [9.17, 15) is 0 Å². The minimum absolute atomic E-state index is 0.0319. The van der Waals surface area contributed by atoms with E-state index in [0.717, 1.165) is 18.7 Å². The average molecular weight is 250 g/mol. The van der Waals surface area contributed by atoms with Crippen molar-refractivity contribution in [3.8, 4) is 0 Å². The Morgan fingerprint density at radius 1 is 1.22 bits per heavy atom. The van der Waals surface area contributed by atoms with Crippen LogP contribution in [0.4, 0.5) is 0 Å². The van der Waals surface area contributed by atoms with Crippen LogP contribution in [0.2, 0.25) is 0 Å². The van der Waals surface area contributed by atoms with Crippen LogP contribution in [0.15, 0.2) is 24.4 Å². The first-order valence-corrected chi connectivity index (χ1v) is 7.03. The van der Waals surface area contributed by atoms with Crippen molar-refractivity contribution < 1.29 is 4.74 Å². The van der Waals surface area contributed by atoms with Crippen LogP contribution in [-0.2, 0) is 4.74 Å². The second-order valence-corrected chi connectivity index (χ2v) is 4.82. The lowest BCUT2D eigenvalue weighted by atomic mass is 10.1. The summed E-state index contributed by atoms with van der Waals surface area (Å²) in [7, 11) is 0. The molecule has 3 heteroatoms. The van der Waals surface area contributed by atoms with E-state index < -0.39 is 0 Å². The molecular formula is C15H26N2O. The van der Waals surface area contributed by atoms with Crippen molar-refractivity contribution in [1.82, 2.24) is 4.98 Å². The van der Waals surface area contributed by atoms with Gasteiger partial charge in [0.2, 0.25) is 0 Å². The first kappa shape index (κ1) is 15.1. The van der Waals surface area contributed by atoms with Gasteiger partial charge in [-0.05, 0) is 25.5 Å². The number of rotatable bonds is 9. The standard InChI is InChI=1S/C15H26N2O/c1-3-4-5-6-9-12-18-15(13(2)16)14-10-7-8-11-17-14/h7-8,10-11,13,15H,3-6,9,12,16H2,1-2H3. The van der Waals surface area contributed by atoms with E-state index in [1.165, 1.54) is 25.7 Å². The Labute approximate surface area is 111 Å². The van der Waals surface area contributed by atoms with Gasteiger partial charge in [-0.3, -0.25) is 4.98 Å². The van der Waals surface area contributed by atoms with Crippen molar-refractivity contribution in [2.75, 3.05) is 6.61 Å². The third-order valence-electron chi connectivity index (χ3n) is 3.00. The molecule has 0 aliphatic heterocycles. The van der Waals surface area contributed by atoms with Gasteiger partial charge in [-0.1, -0.05) is 38.7 Å². The molecule has 0 aromatic carbocycles. The van der Waals surface area contributed by atoms with E-state index >= 15 is 0 Å². The minimum atomic E-state index is -0.0858. The Morgan fingerprint density at radius 3 is 2.61 bits per heavy atom. The van der Waals surface area contributed by atoms with E-state index in [2.05, 4.69) is 11.9 Å². The van der Waals surface area contributed by atoms with Gasteiger partial charge in [0, 0.05) is 18.8 Å². The van der Waals surface area contributed by atoms with Gasteiger partial charge in [0.15, 0.2) is 0 Å². The summed E-state index contributed by atoms with van der Waals surface area (Å²) in [6, 6.07) is 5.83. The second-order valence-electron chi connectivity index (χ2n) is 4.82. The molecule has 1 heterocycles. The molecule has 3 nitrogen and oxygen atoms in total. The highest BCUT2D eigenvalue weighted by molar-refractivity contribution is 5.08. The number of hydrogen-bond acceptors (Lipinski definition) is 3. The summed E-state index contributed by atoms with van der Waals surface area (Å²) in [6.45, 7) is 4.96. The molecule has 18 heavy (non-hydrogen) atoms. The molecule has 1 rings (SSSR count). The summed E-state index contributed by atoms with van der Waals surface area (Å²) in [4.78, 5) is 4.32. The highest BCUT2D eigenvalue weighted by Crippen LogP contribution is 2.18. The predicted molar refractivity (Wildman–Crippen MR) is 75.3 cm³/mol. The quantitative estimate of drug-likeness (QED) is 0.683. The van der Waals surface area contributed by atoms with Gasteiger partial charge >= 0.3 is 0 Å². The number of nitrogens with zero attached hydrogens (tertiary/aromatic N) is 1. The molecule has 0 aliphatic carbocycles. The van der Waals surface area contributed by atoms with Crippen molar-refractivity contribution >= 4 is 0 Å². The molecule has 2 N–H and O–H groups in total. The fourth-order valence-electron chi connectivity index (χ4n) is 1.97. The molecule has 1 aromatic rings. The maximum absolute atomic E-state index is 5.97. The molecule has 2 atom stereocenters. The smallest absolute Gasteiger partial charge is 0.114 e. The number of ether oxygens (including phenoxy) is 1. The minimum Gasteiger partial charge on any atom is -0.370 e. The van der Waals surface area contributed by atoms with Crippen LogP contribution in [0.5, 0.6) is 0 Å². The van der Waals surface area contributed by atoms with Gasteiger partial charge in [0.25, 0.3) is 0 Å². The topological polar surface area (TPSA) is 48.1 Å². The summed E-state index contributed by atoms with van der Waals surface area (Å²) in [5.41, 5.74) is 6.90. The molecule has 0 fully saturated rings. The lowest BCUT2D eigenvalue weighted by Gasteiger charge is -2.20. The summed E-state index contributed by atoms with van der Waals surface area (Å²) >= 11 is 0. The molecule has 0 saturated carbocycles. The van der Waals surface area contributed by atoms with E-state index in [1.807, 2.05) is 25.1 Å². The SMILES string of the molecule is CCCCCCCOC(c1ccccn1)C(C)N. The summed E-state index contributed by atoms with van der Waals surface area (Å²) < 4.78 is 5.88. The zero-order chi connectivity index (χ0) is 13.2. The summed E-state index contributed by atoms with van der Waals surface area (Å²) in [6.07, 6.45) is 7.94. The van der Waals surface area contributed by atoms with E-state index in [4.69, 9.17) is 10.5 Å². The first-order valence-electron chi connectivity index (χ1n) is 7.03. The highest BCUT2D eigenvalue weighted by Gasteiger charge is 2.17. The zero-order valence-electron chi connectivity index (χ0n) is 11.6. The Bertz CT molecular complexity index is 301. The second kappa shape index (κ2) is 9.06. The zero-order valence-corrected chi connectivity index (χ0v) is 11.6. The van der Waals surface area contributed by atoms with Crippen LogP contribution < -0.4 is 5.73 Å².